The topological polar surface area (TPSA) is 86.2 Å². The molecule has 1 amide bonds. The number of nitrogens with one attached hydrogen (secondary N) is 1. The fourth-order valence-corrected chi connectivity index (χ4v) is 5.35. The monoisotopic (exact) mass is 532 g/mol. The molecule has 37 heavy (non-hydrogen) atoms. The van der Waals surface area contributed by atoms with E-state index in [-0.39, 0.29) is 6.10 Å². The Morgan fingerprint density at radius 2 is 1.92 bits per heavy atom. The second-order valence-electron chi connectivity index (χ2n) is 9.42. The Morgan fingerprint density at radius 3 is 2.57 bits per heavy atom. The van der Waals surface area contributed by atoms with Gasteiger partial charge >= 0.3 is 6.18 Å². The van der Waals surface area contributed by atoms with Gasteiger partial charge in [0.1, 0.15) is 17.4 Å². The molecule has 1 aliphatic carbocycles. The third-order valence-electron chi connectivity index (χ3n) is 6.68. The molecule has 196 valence electrons. The highest BCUT2D eigenvalue weighted by molar-refractivity contribution is 7.15. The maximum Gasteiger partial charge on any atom is 0.451 e. The van der Waals surface area contributed by atoms with Crippen molar-refractivity contribution in [1.29, 1.82) is 0 Å². The van der Waals surface area contributed by atoms with Gasteiger partial charge in [0.25, 0.3) is 5.91 Å². The van der Waals surface area contributed by atoms with E-state index in [1.165, 1.54) is 24.1 Å². The van der Waals surface area contributed by atoms with Crippen LogP contribution in [0, 0.1) is 0 Å². The van der Waals surface area contributed by atoms with Gasteiger partial charge in [-0.15, -0.1) is 11.3 Å². The van der Waals surface area contributed by atoms with Gasteiger partial charge in [0, 0.05) is 46.8 Å². The second-order valence-corrected chi connectivity index (χ2v) is 10.5. The lowest BCUT2D eigenvalue weighted by Crippen LogP contribution is -2.27. The number of halogens is 3. The maximum atomic E-state index is 13.2. The molecule has 1 saturated heterocycles. The molecule has 1 saturated carbocycles. The Kier molecular flexibility index (Phi) is 7.43. The number of ether oxygens (including phenoxy) is 2. The van der Waals surface area contributed by atoms with E-state index in [1.807, 2.05) is 12.3 Å². The number of carbonyl (C=O) groups is 1. The number of carbonyl (C=O) groups excluding carboxylic acids is 1. The predicted molar refractivity (Wildman–Crippen MR) is 132 cm³/mol. The molecule has 5 rings (SSSR count). The van der Waals surface area contributed by atoms with Crippen LogP contribution in [0.4, 0.5) is 13.2 Å². The summed E-state index contributed by atoms with van der Waals surface area (Å²) < 4.78 is 50.0. The second kappa shape index (κ2) is 10.7. The minimum absolute atomic E-state index is 0.0192. The molecule has 0 bridgehead atoms. The Labute approximate surface area is 216 Å². The Hall–Kier alpha value is -3.05. The number of benzene rings is 1. The first-order valence-electron chi connectivity index (χ1n) is 12.3. The smallest absolute Gasteiger partial charge is 0.451 e. The van der Waals surface area contributed by atoms with Crippen molar-refractivity contribution in [2.75, 3.05) is 13.2 Å². The zero-order valence-electron chi connectivity index (χ0n) is 20.3. The van der Waals surface area contributed by atoms with E-state index in [0.29, 0.717) is 29.4 Å². The van der Waals surface area contributed by atoms with Crippen LogP contribution in [-0.2, 0) is 10.9 Å². The SMILES string of the molecule is CC(NC(=O)c1cc(OC[C@H]2CCCO2)cc(-c2ncc(C3CCC3)s2)c1)c1cnc(C(F)(F)F)nc1. The normalized spacial score (nSPS) is 18.9. The van der Waals surface area contributed by atoms with Crippen molar-refractivity contribution in [1.82, 2.24) is 20.3 Å². The fraction of sp³-hybridized carbons (Fsp3) is 0.462. The van der Waals surface area contributed by atoms with Crippen molar-refractivity contribution in [3.63, 3.8) is 0 Å². The molecular formula is C26H27F3N4O3S. The molecule has 2 fully saturated rings. The van der Waals surface area contributed by atoms with Crippen LogP contribution in [0.5, 0.6) is 5.75 Å². The molecule has 1 aliphatic heterocycles. The van der Waals surface area contributed by atoms with Crippen molar-refractivity contribution >= 4 is 17.2 Å². The molecule has 2 aliphatic rings. The number of thiazole rings is 1. The number of hydrogen-bond donors (Lipinski definition) is 1. The highest BCUT2D eigenvalue weighted by Crippen LogP contribution is 2.41. The molecule has 0 radical (unpaired) electrons. The number of hydrogen-bond acceptors (Lipinski definition) is 7. The summed E-state index contributed by atoms with van der Waals surface area (Å²) in [7, 11) is 0. The summed E-state index contributed by atoms with van der Waals surface area (Å²) in [5.74, 6) is -0.531. The van der Waals surface area contributed by atoms with Crippen LogP contribution in [0.3, 0.4) is 0 Å². The van der Waals surface area contributed by atoms with E-state index >= 15 is 0 Å². The van der Waals surface area contributed by atoms with Gasteiger partial charge in [-0.1, -0.05) is 6.42 Å². The molecule has 2 atom stereocenters. The fourth-order valence-electron chi connectivity index (χ4n) is 4.27. The first-order chi connectivity index (χ1) is 17.8. The molecule has 2 aromatic heterocycles. The molecule has 1 unspecified atom stereocenters. The standard InChI is InChI=1S/C26H27F3N4O3S/c1-15(19-11-31-25(32-12-19)26(27,28)29)33-23(34)17-8-18(24-30-13-22(37-24)16-4-2-5-16)10-21(9-17)36-14-20-6-3-7-35-20/h8-13,15-16,20H,2-7,14H2,1H3,(H,33,34)/t15?,20-/m1/s1. The van der Waals surface area contributed by atoms with Crippen molar-refractivity contribution in [2.24, 2.45) is 0 Å². The lowest BCUT2D eigenvalue weighted by molar-refractivity contribution is -0.145. The van der Waals surface area contributed by atoms with Gasteiger partial charge in [0.15, 0.2) is 0 Å². The molecule has 11 heteroatoms. The maximum absolute atomic E-state index is 13.2. The minimum Gasteiger partial charge on any atom is -0.491 e. The molecule has 3 aromatic rings. The van der Waals surface area contributed by atoms with E-state index in [0.717, 1.165) is 42.4 Å². The van der Waals surface area contributed by atoms with Gasteiger partial charge in [0.2, 0.25) is 5.82 Å². The quantitative estimate of drug-likeness (QED) is 0.387. The number of alkyl halides is 3. The van der Waals surface area contributed by atoms with Gasteiger partial charge in [-0.2, -0.15) is 13.2 Å². The van der Waals surface area contributed by atoms with E-state index in [9.17, 15) is 18.0 Å². The van der Waals surface area contributed by atoms with Crippen molar-refractivity contribution < 1.29 is 27.4 Å². The Balaban J connectivity index is 1.35. The lowest BCUT2D eigenvalue weighted by atomic mass is 9.85. The van der Waals surface area contributed by atoms with Crippen LogP contribution in [0.25, 0.3) is 10.6 Å². The summed E-state index contributed by atoms with van der Waals surface area (Å²) in [5.41, 5.74) is 1.49. The largest absolute Gasteiger partial charge is 0.491 e. The van der Waals surface area contributed by atoms with Crippen molar-refractivity contribution in [3.05, 3.63) is 58.6 Å². The summed E-state index contributed by atoms with van der Waals surface area (Å²) in [5, 5.41) is 3.63. The summed E-state index contributed by atoms with van der Waals surface area (Å²) in [6, 6.07) is 4.68. The summed E-state index contributed by atoms with van der Waals surface area (Å²) in [4.78, 5) is 25.8. The van der Waals surface area contributed by atoms with E-state index in [1.54, 1.807) is 30.4 Å². The number of rotatable bonds is 8. The van der Waals surface area contributed by atoms with Crippen LogP contribution in [0.1, 0.15) is 77.6 Å². The van der Waals surface area contributed by atoms with Gasteiger partial charge < -0.3 is 14.8 Å². The highest BCUT2D eigenvalue weighted by Gasteiger charge is 2.34. The van der Waals surface area contributed by atoms with E-state index < -0.39 is 23.9 Å². The zero-order chi connectivity index (χ0) is 26.0. The molecular weight excluding hydrogens is 505 g/mol. The van der Waals surface area contributed by atoms with Crippen LogP contribution >= 0.6 is 11.3 Å². The third kappa shape index (κ3) is 6.10. The number of nitrogens with zero attached hydrogens (tertiary/aromatic N) is 3. The molecule has 3 heterocycles. The Bertz CT molecular complexity index is 1240. The highest BCUT2D eigenvalue weighted by atomic mass is 32.1. The van der Waals surface area contributed by atoms with E-state index in [2.05, 4.69) is 20.3 Å². The van der Waals surface area contributed by atoms with Crippen molar-refractivity contribution in [2.45, 2.75) is 63.3 Å². The minimum atomic E-state index is -4.63. The van der Waals surface area contributed by atoms with Crippen LogP contribution in [0.15, 0.2) is 36.8 Å². The zero-order valence-corrected chi connectivity index (χ0v) is 21.1. The van der Waals surface area contributed by atoms with Gasteiger partial charge in [-0.05, 0) is 56.7 Å². The van der Waals surface area contributed by atoms with Crippen LogP contribution in [0.2, 0.25) is 0 Å². The average Bonchev–Trinajstić information content (AvgIpc) is 3.54. The third-order valence-corrected chi connectivity index (χ3v) is 7.89. The van der Waals surface area contributed by atoms with Crippen LogP contribution < -0.4 is 10.1 Å². The molecule has 7 nitrogen and oxygen atoms in total. The molecule has 1 N–H and O–H groups in total. The van der Waals surface area contributed by atoms with Gasteiger partial charge in [-0.25, -0.2) is 15.0 Å². The first-order valence-corrected chi connectivity index (χ1v) is 13.1. The molecule has 1 aromatic carbocycles. The van der Waals surface area contributed by atoms with Crippen molar-refractivity contribution in [3.8, 4) is 16.3 Å². The summed E-state index contributed by atoms with van der Waals surface area (Å²) in [6.07, 6.45) is 4.96. The predicted octanol–water partition coefficient (Wildman–Crippen LogP) is 5.94. The van der Waals surface area contributed by atoms with Gasteiger partial charge in [0.05, 0.1) is 12.1 Å². The van der Waals surface area contributed by atoms with Crippen LogP contribution in [-0.4, -0.2) is 40.2 Å². The molecule has 0 spiro atoms. The lowest BCUT2D eigenvalue weighted by Gasteiger charge is -2.23. The first kappa shape index (κ1) is 25.6. The summed E-state index contributed by atoms with van der Waals surface area (Å²) >= 11 is 1.62. The number of aromatic nitrogens is 3. The number of amides is 1. The van der Waals surface area contributed by atoms with E-state index in [4.69, 9.17) is 9.47 Å². The Morgan fingerprint density at radius 1 is 1.14 bits per heavy atom. The van der Waals surface area contributed by atoms with Gasteiger partial charge in [-0.3, -0.25) is 4.79 Å². The summed E-state index contributed by atoms with van der Waals surface area (Å²) in [6.45, 7) is 2.76. The average molecular weight is 533 g/mol.